The van der Waals surface area contributed by atoms with Gasteiger partial charge in [-0.3, -0.25) is 4.79 Å². The minimum Gasteiger partial charge on any atom is -0.480 e. The average Bonchev–Trinajstić information content (AvgIpc) is 2.33. The number of nitrogens with one attached hydrogen (secondary N) is 1. The summed E-state index contributed by atoms with van der Waals surface area (Å²) in [6.07, 6.45) is 0.528. The number of halogens is 3. The quantitative estimate of drug-likeness (QED) is 0.842. The number of anilines is 1. The number of carbonyl (C=O) groups is 1. The first-order valence-electron chi connectivity index (χ1n) is 5.65. The number of rotatable bonds is 5. The Hall–Kier alpha value is -1.50. The molecule has 104 valence electrons. The second kappa shape index (κ2) is 5.24. The molecule has 1 aromatic heterocycles. The third-order valence-electron chi connectivity index (χ3n) is 2.88. The van der Waals surface area contributed by atoms with E-state index in [4.69, 9.17) is 16.3 Å². The number of aromatic nitrogens is 2. The molecule has 1 heterocycles. The molecular formula is C11H12ClF2N3O2. The molecule has 0 spiro atoms. The summed E-state index contributed by atoms with van der Waals surface area (Å²) >= 11 is 5.60. The van der Waals surface area contributed by atoms with Gasteiger partial charge in [-0.25, -0.2) is 13.8 Å². The topological polar surface area (TPSA) is 64.1 Å². The molecule has 0 aromatic carbocycles. The average molecular weight is 292 g/mol. The molecule has 1 aliphatic rings. The van der Waals surface area contributed by atoms with Crippen molar-refractivity contribution in [2.45, 2.75) is 18.8 Å². The molecule has 5 nitrogen and oxygen atoms in total. The van der Waals surface area contributed by atoms with E-state index >= 15 is 0 Å². The van der Waals surface area contributed by atoms with Crippen LogP contribution in [0.25, 0.3) is 0 Å². The Morgan fingerprint density at radius 2 is 2.32 bits per heavy atom. The summed E-state index contributed by atoms with van der Waals surface area (Å²) < 4.78 is 30.5. The van der Waals surface area contributed by atoms with Crippen molar-refractivity contribution in [1.29, 1.82) is 0 Å². The van der Waals surface area contributed by atoms with E-state index < -0.39 is 24.7 Å². The fourth-order valence-electron chi connectivity index (χ4n) is 1.79. The van der Waals surface area contributed by atoms with E-state index in [2.05, 4.69) is 15.3 Å². The van der Waals surface area contributed by atoms with Gasteiger partial charge in [-0.15, -0.1) is 0 Å². The van der Waals surface area contributed by atoms with Crippen molar-refractivity contribution in [2.24, 2.45) is 5.92 Å². The Morgan fingerprint density at radius 1 is 1.63 bits per heavy atom. The molecule has 0 radical (unpaired) electrons. The number of carbonyl (C=O) groups excluding carboxylic acids is 1. The molecule has 1 saturated carbocycles. The van der Waals surface area contributed by atoms with Crippen LogP contribution in [0.15, 0.2) is 6.20 Å². The van der Waals surface area contributed by atoms with Crippen molar-refractivity contribution in [2.75, 3.05) is 19.0 Å². The molecule has 1 N–H and O–H groups in total. The number of Topliss-reactive ketones (excluding diaryl/α,β-unsaturated/α-hetero) is 1. The first-order chi connectivity index (χ1) is 8.91. The standard InChI is InChI=1S/C11H12ClF2N3O2/c1-15-9-8(4-16-10(12)17-9)19-5-7(18)6-2-11(13,14)3-6/h4,6H,2-3,5H2,1H3,(H,15,16,17). The molecule has 8 heteroatoms. The molecule has 0 atom stereocenters. The third-order valence-corrected chi connectivity index (χ3v) is 3.06. The van der Waals surface area contributed by atoms with E-state index in [1.807, 2.05) is 0 Å². The van der Waals surface area contributed by atoms with Gasteiger partial charge < -0.3 is 10.1 Å². The van der Waals surface area contributed by atoms with Crippen molar-refractivity contribution in [3.05, 3.63) is 11.5 Å². The SMILES string of the molecule is CNc1nc(Cl)ncc1OCC(=O)C1CC(F)(F)C1. The Morgan fingerprint density at radius 3 is 2.89 bits per heavy atom. The summed E-state index contributed by atoms with van der Waals surface area (Å²) in [4.78, 5) is 19.2. The monoisotopic (exact) mass is 291 g/mol. The third kappa shape index (κ3) is 3.28. The van der Waals surface area contributed by atoms with Crippen LogP contribution in [0.1, 0.15) is 12.8 Å². The van der Waals surface area contributed by atoms with Gasteiger partial charge in [0.05, 0.1) is 6.20 Å². The highest BCUT2D eigenvalue weighted by molar-refractivity contribution is 6.28. The number of hydrogen-bond acceptors (Lipinski definition) is 5. The van der Waals surface area contributed by atoms with E-state index in [1.165, 1.54) is 6.20 Å². The molecular weight excluding hydrogens is 280 g/mol. The normalized spacial score (nSPS) is 17.7. The lowest BCUT2D eigenvalue weighted by atomic mass is 9.79. The van der Waals surface area contributed by atoms with Gasteiger partial charge in [0.25, 0.3) is 0 Å². The highest BCUT2D eigenvalue weighted by atomic mass is 35.5. The first kappa shape index (κ1) is 13.9. The number of ketones is 1. The van der Waals surface area contributed by atoms with Gasteiger partial charge in [0, 0.05) is 25.8 Å². The van der Waals surface area contributed by atoms with Crippen molar-refractivity contribution in [3.8, 4) is 5.75 Å². The lowest BCUT2D eigenvalue weighted by Gasteiger charge is -2.33. The Balaban J connectivity index is 1.91. The van der Waals surface area contributed by atoms with Crippen molar-refractivity contribution in [3.63, 3.8) is 0 Å². The summed E-state index contributed by atoms with van der Waals surface area (Å²) in [7, 11) is 1.61. The van der Waals surface area contributed by atoms with Crippen LogP contribution in [0.5, 0.6) is 5.75 Å². The minimum atomic E-state index is -2.71. The van der Waals surface area contributed by atoms with Crippen LogP contribution in [0.4, 0.5) is 14.6 Å². The summed E-state index contributed by atoms with van der Waals surface area (Å²) in [5.41, 5.74) is 0. The zero-order valence-corrected chi connectivity index (χ0v) is 10.9. The molecule has 1 fully saturated rings. The Bertz CT molecular complexity index is 491. The highest BCUT2D eigenvalue weighted by Crippen LogP contribution is 2.42. The maximum Gasteiger partial charge on any atom is 0.249 e. The van der Waals surface area contributed by atoms with Crippen LogP contribution in [0.3, 0.4) is 0 Å². The fraction of sp³-hybridized carbons (Fsp3) is 0.545. The van der Waals surface area contributed by atoms with E-state index in [-0.39, 0.29) is 23.4 Å². The van der Waals surface area contributed by atoms with E-state index in [1.54, 1.807) is 7.05 Å². The summed E-state index contributed by atoms with van der Waals surface area (Å²) in [6.45, 7) is -0.277. The Kier molecular flexibility index (Phi) is 3.84. The van der Waals surface area contributed by atoms with E-state index in [0.29, 0.717) is 5.82 Å². The zero-order chi connectivity index (χ0) is 14.0. The van der Waals surface area contributed by atoms with Crippen LogP contribution in [0, 0.1) is 5.92 Å². The lowest BCUT2D eigenvalue weighted by molar-refractivity contribution is -0.149. The summed E-state index contributed by atoms with van der Waals surface area (Å²) in [5, 5.41) is 2.78. The number of alkyl halides is 2. The van der Waals surface area contributed by atoms with Crippen molar-refractivity contribution >= 4 is 23.2 Å². The predicted octanol–water partition coefficient (Wildman–Crippen LogP) is 2.16. The highest BCUT2D eigenvalue weighted by Gasteiger charge is 2.48. The van der Waals surface area contributed by atoms with Crippen LogP contribution < -0.4 is 10.1 Å². The van der Waals surface area contributed by atoms with Gasteiger partial charge in [-0.05, 0) is 11.6 Å². The summed E-state index contributed by atoms with van der Waals surface area (Å²) in [5.74, 6) is -3.08. The van der Waals surface area contributed by atoms with Gasteiger partial charge in [0.2, 0.25) is 11.2 Å². The van der Waals surface area contributed by atoms with Gasteiger partial charge in [-0.2, -0.15) is 4.98 Å². The second-order valence-corrected chi connectivity index (χ2v) is 4.66. The molecule has 0 unspecified atom stereocenters. The lowest BCUT2D eigenvalue weighted by Crippen LogP contribution is -2.41. The molecule has 0 bridgehead atoms. The van der Waals surface area contributed by atoms with Crippen molar-refractivity contribution in [1.82, 2.24) is 9.97 Å². The molecule has 19 heavy (non-hydrogen) atoms. The fourth-order valence-corrected chi connectivity index (χ4v) is 1.92. The van der Waals surface area contributed by atoms with Gasteiger partial charge in [0.15, 0.2) is 17.4 Å². The van der Waals surface area contributed by atoms with Crippen LogP contribution in [-0.2, 0) is 4.79 Å². The zero-order valence-electron chi connectivity index (χ0n) is 10.1. The smallest absolute Gasteiger partial charge is 0.249 e. The number of hydrogen-bond donors (Lipinski definition) is 1. The minimum absolute atomic E-state index is 0.0432. The Labute approximate surface area is 113 Å². The molecule has 0 amide bonds. The molecule has 0 aliphatic heterocycles. The molecule has 1 aliphatic carbocycles. The maximum atomic E-state index is 12.6. The van der Waals surface area contributed by atoms with Gasteiger partial charge >= 0.3 is 0 Å². The van der Waals surface area contributed by atoms with Gasteiger partial charge in [-0.1, -0.05) is 0 Å². The summed E-state index contributed by atoms with van der Waals surface area (Å²) in [6, 6.07) is 0. The molecule has 1 aromatic rings. The largest absolute Gasteiger partial charge is 0.480 e. The second-order valence-electron chi connectivity index (χ2n) is 4.32. The van der Waals surface area contributed by atoms with Crippen molar-refractivity contribution < 1.29 is 18.3 Å². The maximum absolute atomic E-state index is 12.6. The number of nitrogens with zero attached hydrogens (tertiary/aromatic N) is 2. The van der Waals surface area contributed by atoms with Crippen LogP contribution >= 0.6 is 11.6 Å². The molecule has 2 rings (SSSR count). The first-order valence-corrected chi connectivity index (χ1v) is 6.03. The van der Waals surface area contributed by atoms with Crippen LogP contribution in [0.2, 0.25) is 5.28 Å². The van der Waals surface area contributed by atoms with E-state index in [0.717, 1.165) is 0 Å². The number of ether oxygens (including phenoxy) is 1. The molecule has 0 saturated heterocycles. The predicted molar refractivity (Wildman–Crippen MR) is 64.8 cm³/mol. The van der Waals surface area contributed by atoms with Crippen LogP contribution in [-0.4, -0.2) is 35.3 Å². The van der Waals surface area contributed by atoms with Gasteiger partial charge in [0.1, 0.15) is 6.61 Å². The van der Waals surface area contributed by atoms with E-state index in [9.17, 15) is 13.6 Å².